The Bertz CT molecular complexity index is 5030. The number of esters is 3. The Hall–Kier alpha value is -8.57. The fraction of sp³-hybridized carbons (Fsp3) is 0.307. The average molecular weight is 1700 g/mol. The summed E-state index contributed by atoms with van der Waals surface area (Å²) in [5, 5.41) is 28.0. The van der Waals surface area contributed by atoms with E-state index in [1.807, 2.05) is 109 Å². The number of aromatic carboxylic acids is 1. The van der Waals surface area contributed by atoms with Crippen LogP contribution in [0.2, 0.25) is 0 Å². The number of halogens is 2. The molecule has 8 heterocycles. The number of ether oxygens (including phenoxy) is 3. The summed E-state index contributed by atoms with van der Waals surface area (Å²) in [6.45, 7) is 12.8. The van der Waals surface area contributed by atoms with Crippen molar-refractivity contribution in [3.63, 3.8) is 0 Å². The van der Waals surface area contributed by atoms with Gasteiger partial charge in [0.25, 0.3) is 6.47 Å². The van der Waals surface area contributed by atoms with Crippen LogP contribution in [-0.4, -0.2) is 166 Å². The van der Waals surface area contributed by atoms with E-state index >= 15 is 0 Å². The van der Waals surface area contributed by atoms with Gasteiger partial charge in [0.2, 0.25) is 0 Å². The van der Waals surface area contributed by atoms with Gasteiger partial charge in [-0.2, -0.15) is 0 Å². The van der Waals surface area contributed by atoms with Gasteiger partial charge in [-0.3, -0.25) is 9.18 Å². The van der Waals surface area contributed by atoms with Crippen molar-refractivity contribution in [3.05, 3.63) is 221 Å². The van der Waals surface area contributed by atoms with Crippen molar-refractivity contribution in [2.75, 3.05) is 76.5 Å². The molecule has 0 bridgehead atoms. The molecule has 24 nitrogen and oxygen atoms in total. The van der Waals surface area contributed by atoms with Crippen molar-refractivity contribution in [2.45, 2.75) is 118 Å². The molecule has 0 aliphatic carbocycles. The zero-order valence-corrected chi connectivity index (χ0v) is 73.5. The van der Waals surface area contributed by atoms with Crippen molar-refractivity contribution in [1.29, 1.82) is 0 Å². The number of nitrogens with zero attached hydrogens (tertiary/aromatic N) is 11. The molecule has 0 amide bonds. The molecule has 4 aromatic heterocycles. The molecule has 2 unspecified atom stereocenters. The van der Waals surface area contributed by atoms with Gasteiger partial charge in [0.15, 0.2) is 17.5 Å². The van der Waals surface area contributed by atoms with Crippen LogP contribution in [0.25, 0.3) is 89.2 Å². The molecule has 600 valence electrons. The number of anilines is 3. The average Bonchev–Trinajstić information content (AvgIpc) is 1.11. The number of carboxylic acid groups (broad SMARTS) is 1. The standard InChI is InChI=1S/2C21H21N3O2.C20H19N3O2.C16H11BrN2O2.C5H11N.CH3F.CH2O3.CH4O.2CH4.2K.H/c2*1-14-7-6-12-24(14)20-19(15-8-4-3-5-9-15)22-17-11-10-16(21(25)26-2)13-18(17)23-20;1-13-6-5-11-23(13)19-18(14-7-3-2-4-8-14)21-16-10-9-15(20(24)25)12-17(16)22-19;1-21-16(20)11-7-8-12-13(9-11)19-15(17)14(18-12)10-5-3-2-4-6-10;1-5-3-2-4-6-5;1-2;2-1-4-3;1-2;;;;;/h2*3-5,8-11,13-14H,6-7,12H2,1-2H3;2-4,7-10,12-13H,5-6,11H2,1H3,(H,24,25);2-9H,1H3;5-6H,2-4H2,1H3;1H3;1,3H;2H,1H3;2*1H4;;;/q;;;;;;;;;;2*+1;-1/p-1/t14-;;13-;;;;;;;;;;/m0.0........../s1/i;;;;;1D;;;;;;;. The molecule has 4 aliphatic rings. The van der Waals surface area contributed by atoms with E-state index in [0.717, 1.165) is 150 Å². The molecular formula is C88H100BrFK2N12O12. The molecule has 4 saturated heterocycles. The van der Waals surface area contributed by atoms with Crippen molar-refractivity contribution in [1.82, 2.24) is 45.2 Å². The van der Waals surface area contributed by atoms with Gasteiger partial charge in [0.1, 0.15) is 27.4 Å². The van der Waals surface area contributed by atoms with Crippen molar-refractivity contribution in [3.8, 4) is 45.0 Å². The topological polar surface area (TPSA) is 311 Å². The number of fused-ring (bicyclic) bond motifs is 4. The first-order valence-electron chi connectivity index (χ1n) is 37.3. The van der Waals surface area contributed by atoms with Crippen LogP contribution in [-0.2, 0) is 23.9 Å². The molecular weight excluding hydrogens is 1590 g/mol. The Morgan fingerprint density at radius 3 is 0.983 bits per heavy atom. The summed E-state index contributed by atoms with van der Waals surface area (Å²) in [7, 11) is 4.12. The zero-order chi connectivity index (χ0) is 80.9. The van der Waals surface area contributed by atoms with Gasteiger partial charge in [-0.1, -0.05) is 136 Å². The Balaban J connectivity index is 0.000000308. The monoisotopic (exact) mass is 1690 g/mol. The van der Waals surface area contributed by atoms with E-state index in [0.29, 0.717) is 67.0 Å². The fourth-order valence-electron chi connectivity index (χ4n) is 13.4. The molecule has 0 spiro atoms. The van der Waals surface area contributed by atoms with E-state index < -0.39 is 13.1 Å². The van der Waals surface area contributed by atoms with Crippen LogP contribution in [0.15, 0.2) is 199 Å². The largest absolute Gasteiger partial charge is 1.00 e. The Kier molecular flexibility index (Phi) is 41.2. The Morgan fingerprint density at radius 2 is 0.741 bits per heavy atom. The summed E-state index contributed by atoms with van der Waals surface area (Å²) in [4.78, 5) is 103. The summed E-state index contributed by atoms with van der Waals surface area (Å²) in [5.41, 5.74) is 14.8. The zero-order valence-electron chi connectivity index (χ0n) is 67.7. The SMILES string of the molecule is C.C.CC1CCCN1.CO.COC(=O)c1ccc2nc(-c3ccccc3)c(Br)nc2c1.COC(=O)c1ccc2nc(-c3ccccc3)c(N3CCCC3C)nc2c1.COC(=O)c1ccc2nc(-c3ccccc3)c(N3CCC[C@@H]3C)nc2c1.C[C@H]1CCCN1c1nc2cc(C(=O)O)ccc2nc1-c1ccccc1.O=CO[O-].[2H]CF.[H-].[K+].[K+]. The van der Waals surface area contributed by atoms with E-state index in [4.69, 9.17) is 60.6 Å². The molecule has 8 aromatic carbocycles. The number of alkyl halides is 1. The Morgan fingerprint density at radius 1 is 0.466 bits per heavy atom. The minimum absolute atomic E-state index is 0. The van der Waals surface area contributed by atoms with Crippen LogP contribution >= 0.6 is 15.9 Å². The molecule has 0 saturated carbocycles. The third kappa shape index (κ3) is 25.7. The number of nitrogens with one attached hydrogen (secondary N) is 1. The minimum atomic E-state index is -1.00. The van der Waals surface area contributed by atoms with Gasteiger partial charge in [-0.25, -0.2) is 59.0 Å². The first-order valence-corrected chi connectivity index (χ1v) is 37.4. The molecule has 16 rings (SSSR count). The summed E-state index contributed by atoms with van der Waals surface area (Å²) >= 11 is 3.44. The number of carbonyl (C=O) groups excluding carboxylic acids is 4. The van der Waals surface area contributed by atoms with Crippen LogP contribution < -0.4 is 128 Å². The van der Waals surface area contributed by atoms with Crippen molar-refractivity contribution < 1.29 is 168 Å². The maximum atomic E-state index is 11.9. The first kappa shape index (κ1) is 96.3. The third-order valence-electron chi connectivity index (χ3n) is 19.1. The predicted octanol–water partition coefficient (Wildman–Crippen LogP) is 10.8. The number of carbonyl (C=O) groups is 5. The van der Waals surface area contributed by atoms with E-state index in [1.165, 1.54) is 40.7 Å². The van der Waals surface area contributed by atoms with Crippen LogP contribution in [0.1, 0.15) is 138 Å². The van der Waals surface area contributed by atoms with Gasteiger partial charge in [-0.15, -0.1) is 0 Å². The molecule has 3 N–H and O–H groups in total. The normalized spacial score (nSPS) is 15.3. The number of carboxylic acids is 1. The molecule has 28 heteroatoms. The number of aromatic nitrogens is 8. The Labute approximate surface area is 773 Å². The molecule has 116 heavy (non-hydrogen) atoms. The number of methoxy groups -OCH3 is 3. The molecule has 12 aromatic rings. The van der Waals surface area contributed by atoms with Crippen molar-refractivity contribution in [2.24, 2.45) is 0 Å². The number of aliphatic hydroxyl groups is 1. The smallest absolute Gasteiger partial charge is 1.00 e. The van der Waals surface area contributed by atoms with Crippen molar-refractivity contribution >= 4 is 108 Å². The fourth-order valence-corrected chi connectivity index (χ4v) is 13.9. The first-order chi connectivity index (χ1) is 54.9. The van der Waals surface area contributed by atoms with Gasteiger partial charge >= 0.3 is 127 Å². The number of hydrogen-bond donors (Lipinski definition) is 3. The number of benzene rings is 8. The minimum Gasteiger partial charge on any atom is -1.00 e. The summed E-state index contributed by atoms with van der Waals surface area (Å²) < 4.78 is 30.5. The van der Waals surface area contributed by atoms with Gasteiger partial charge in [0, 0.05) is 73.2 Å². The predicted molar refractivity (Wildman–Crippen MR) is 450 cm³/mol. The van der Waals surface area contributed by atoms with Crippen LogP contribution in [0.3, 0.4) is 0 Å². The van der Waals surface area contributed by atoms with E-state index in [9.17, 15) is 28.7 Å². The third-order valence-corrected chi connectivity index (χ3v) is 19.6. The number of hydrogen-bond acceptors (Lipinski definition) is 23. The van der Waals surface area contributed by atoms with E-state index in [-0.39, 0.29) is 149 Å². The van der Waals surface area contributed by atoms with Crippen LogP contribution in [0.4, 0.5) is 21.8 Å². The quantitative estimate of drug-likeness (QED) is 0.0256. The van der Waals surface area contributed by atoms with E-state index in [2.05, 4.69) is 103 Å². The molecule has 4 atom stereocenters. The number of rotatable bonds is 12. The summed E-state index contributed by atoms with van der Waals surface area (Å²) in [6.07, 6.45) is 9.61. The maximum absolute atomic E-state index is 11.9. The van der Waals surface area contributed by atoms with Crippen LogP contribution in [0.5, 0.6) is 0 Å². The molecule has 4 fully saturated rings. The maximum Gasteiger partial charge on any atom is 1.00 e. The van der Waals surface area contributed by atoms with Gasteiger partial charge < -0.3 is 56.0 Å². The summed E-state index contributed by atoms with van der Waals surface area (Å²) in [5.74, 6) is 0.542. The number of aliphatic hydroxyl groups excluding tert-OH is 1. The molecule has 4 aliphatic heterocycles. The second-order valence-corrected chi connectivity index (χ2v) is 27.1. The van der Waals surface area contributed by atoms with Gasteiger partial charge in [0.05, 0.1) is 96.2 Å². The second kappa shape index (κ2) is 49.6. The van der Waals surface area contributed by atoms with Crippen LogP contribution in [0, 0.1) is 0 Å². The summed E-state index contributed by atoms with van der Waals surface area (Å²) in [6, 6.07) is 62.8. The second-order valence-electron chi connectivity index (χ2n) is 26.4. The van der Waals surface area contributed by atoms with E-state index in [1.54, 1.807) is 60.7 Å². The molecule has 0 radical (unpaired) electrons. The van der Waals surface area contributed by atoms with Gasteiger partial charge in [-0.05, 0) is 174 Å².